The van der Waals surface area contributed by atoms with Crippen molar-refractivity contribution in [3.63, 3.8) is 0 Å². The molecule has 0 spiro atoms. The van der Waals surface area contributed by atoms with Gasteiger partial charge in [-0.1, -0.05) is 23.7 Å². The van der Waals surface area contributed by atoms with Crippen LogP contribution in [0.5, 0.6) is 0 Å². The minimum absolute atomic E-state index is 0.322. The average Bonchev–Trinajstić information content (AvgIpc) is 3.33. The number of nitrogens with zero attached hydrogens (tertiary/aromatic N) is 3. The number of carbonyl (C=O) groups is 1. The monoisotopic (exact) mass is 341 g/mol. The van der Waals surface area contributed by atoms with Gasteiger partial charge in [0, 0.05) is 22.2 Å². The van der Waals surface area contributed by atoms with E-state index in [4.69, 9.17) is 16.3 Å². The van der Waals surface area contributed by atoms with Crippen LogP contribution in [0.25, 0.3) is 16.9 Å². The van der Waals surface area contributed by atoms with Crippen molar-refractivity contribution in [3.8, 4) is 11.3 Å². The van der Waals surface area contributed by atoms with Crippen molar-refractivity contribution in [2.45, 2.75) is 25.7 Å². The minimum atomic E-state index is -0.394. The fourth-order valence-corrected chi connectivity index (χ4v) is 2.90. The molecule has 122 valence electrons. The predicted octanol–water partition coefficient (Wildman–Crippen LogP) is 4.10. The third-order valence-electron chi connectivity index (χ3n) is 4.13. The van der Waals surface area contributed by atoms with Gasteiger partial charge in [0.2, 0.25) is 0 Å². The zero-order chi connectivity index (χ0) is 16.7. The smallest absolute Gasteiger partial charge is 0.343 e. The van der Waals surface area contributed by atoms with E-state index in [9.17, 15) is 4.79 Å². The lowest BCUT2D eigenvalue weighted by Gasteiger charge is -2.08. The number of rotatable bonds is 4. The van der Waals surface area contributed by atoms with Crippen molar-refractivity contribution >= 4 is 23.2 Å². The molecule has 1 saturated carbocycles. The third-order valence-corrected chi connectivity index (χ3v) is 4.38. The largest absolute Gasteiger partial charge is 0.462 e. The van der Waals surface area contributed by atoms with Crippen LogP contribution in [0.4, 0.5) is 0 Å². The van der Waals surface area contributed by atoms with Crippen molar-refractivity contribution in [1.29, 1.82) is 0 Å². The number of esters is 1. The van der Waals surface area contributed by atoms with Gasteiger partial charge >= 0.3 is 5.97 Å². The molecule has 0 N–H and O–H groups in total. The normalized spacial score (nSPS) is 14.1. The fraction of sp³-hybridized carbons (Fsp3) is 0.278. The Bertz CT molecular complexity index is 914. The predicted molar refractivity (Wildman–Crippen MR) is 91.4 cm³/mol. The number of hydrogen-bond donors (Lipinski definition) is 0. The highest BCUT2D eigenvalue weighted by atomic mass is 35.5. The zero-order valence-electron chi connectivity index (χ0n) is 13.2. The minimum Gasteiger partial charge on any atom is -0.462 e. The van der Waals surface area contributed by atoms with Crippen molar-refractivity contribution in [3.05, 3.63) is 52.8 Å². The molecule has 0 atom stereocenters. The van der Waals surface area contributed by atoms with Gasteiger partial charge in [-0.15, -0.1) is 0 Å². The lowest BCUT2D eigenvalue weighted by Crippen LogP contribution is -2.06. The summed E-state index contributed by atoms with van der Waals surface area (Å²) in [6.07, 6.45) is 3.80. The molecule has 6 heteroatoms. The summed E-state index contributed by atoms with van der Waals surface area (Å²) < 4.78 is 6.89. The van der Waals surface area contributed by atoms with Crippen LogP contribution in [0.15, 0.2) is 36.5 Å². The Hall–Kier alpha value is -2.40. The molecule has 0 unspecified atom stereocenters. The lowest BCUT2D eigenvalue weighted by atomic mass is 10.1. The number of hydrogen-bond acceptors (Lipinski definition) is 4. The molecule has 0 amide bonds. The van der Waals surface area contributed by atoms with Crippen LogP contribution >= 0.6 is 11.6 Å². The van der Waals surface area contributed by atoms with Crippen molar-refractivity contribution < 1.29 is 9.53 Å². The maximum absolute atomic E-state index is 12.2. The lowest BCUT2D eigenvalue weighted by molar-refractivity contribution is 0.0528. The molecule has 0 radical (unpaired) electrons. The quantitative estimate of drug-likeness (QED) is 0.670. The molecular formula is C18H16ClN3O2. The number of halogens is 1. The van der Waals surface area contributed by atoms with E-state index < -0.39 is 5.97 Å². The molecule has 4 rings (SSSR count). The Balaban J connectivity index is 1.90. The Labute approximate surface area is 144 Å². The van der Waals surface area contributed by atoms with E-state index in [0.717, 1.165) is 29.8 Å². The molecule has 0 aliphatic heterocycles. The zero-order valence-corrected chi connectivity index (χ0v) is 14.0. The molecular weight excluding hydrogens is 326 g/mol. The maximum atomic E-state index is 12.2. The van der Waals surface area contributed by atoms with Gasteiger partial charge in [-0.25, -0.2) is 14.3 Å². The van der Waals surface area contributed by atoms with E-state index in [0.29, 0.717) is 28.8 Å². The van der Waals surface area contributed by atoms with Crippen LogP contribution in [0, 0.1) is 0 Å². The molecule has 1 aliphatic carbocycles. The first-order chi connectivity index (χ1) is 11.7. The number of fused-ring (bicyclic) bond motifs is 1. The maximum Gasteiger partial charge on any atom is 0.343 e. The van der Waals surface area contributed by atoms with Crippen molar-refractivity contribution in [1.82, 2.24) is 14.6 Å². The van der Waals surface area contributed by atoms with E-state index in [1.54, 1.807) is 11.4 Å². The first-order valence-corrected chi connectivity index (χ1v) is 8.37. The summed E-state index contributed by atoms with van der Waals surface area (Å²) in [6.45, 7) is 2.11. The second-order valence-corrected chi connectivity index (χ2v) is 6.30. The van der Waals surface area contributed by atoms with Crippen LogP contribution in [0.3, 0.4) is 0 Å². The molecule has 0 bridgehead atoms. The number of carbonyl (C=O) groups excluding carboxylic acids is 1. The standard InChI is InChI=1S/C18H16ClN3O2/c1-2-24-18(23)14-10-20-22-16(12-3-4-12)9-15(21-17(14)22)11-5-7-13(19)8-6-11/h5-10,12H,2-4H2,1H3. The molecule has 0 saturated heterocycles. The summed E-state index contributed by atoms with van der Waals surface area (Å²) >= 11 is 5.97. The van der Waals surface area contributed by atoms with E-state index in [-0.39, 0.29) is 0 Å². The molecule has 2 heterocycles. The second kappa shape index (κ2) is 5.91. The van der Waals surface area contributed by atoms with E-state index in [1.165, 1.54) is 6.20 Å². The van der Waals surface area contributed by atoms with Gasteiger partial charge in [-0.3, -0.25) is 0 Å². The Morgan fingerprint density at radius 1 is 1.33 bits per heavy atom. The van der Waals surface area contributed by atoms with Crippen LogP contribution in [-0.2, 0) is 4.74 Å². The van der Waals surface area contributed by atoms with Gasteiger partial charge in [0.15, 0.2) is 5.65 Å². The number of benzene rings is 1. The molecule has 1 aromatic carbocycles. The summed E-state index contributed by atoms with van der Waals surface area (Å²) in [7, 11) is 0. The third kappa shape index (κ3) is 2.65. The molecule has 1 aliphatic rings. The molecule has 2 aromatic heterocycles. The molecule has 5 nitrogen and oxygen atoms in total. The first kappa shape index (κ1) is 15.1. The van der Waals surface area contributed by atoms with Crippen LogP contribution in [-0.4, -0.2) is 27.2 Å². The Morgan fingerprint density at radius 3 is 2.75 bits per heavy atom. The van der Waals surface area contributed by atoms with Crippen molar-refractivity contribution in [2.24, 2.45) is 0 Å². The van der Waals surface area contributed by atoms with Crippen LogP contribution in [0.2, 0.25) is 5.02 Å². The van der Waals surface area contributed by atoms with E-state index in [2.05, 4.69) is 16.1 Å². The SMILES string of the molecule is CCOC(=O)c1cnn2c(C3CC3)cc(-c3ccc(Cl)cc3)nc12. The van der Waals surface area contributed by atoms with Gasteiger partial charge in [0.25, 0.3) is 0 Å². The van der Waals surface area contributed by atoms with Crippen LogP contribution < -0.4 is 0 Å². The van der Waals surface area contributed by atoms with Gasteiger partial charge in [0.05, 0.1) is 18.5 Å². The number of aromatic nitrogens is 3. The van der Waals surface area contributed by atoms with Crippen molar-refractivity contribution in [2.75, 3.05) is 6.61 Å². The fourth-order valence-electron chi connectivity index (χ4n) is 2.78. The van der Waals surface area contributed by atoms with Gasteiger partial charge < -0.3 is 4.74 Å². The second-order valence-electron chi connectivity index (χ2n) is 5.86. The highest BCUT2D eigenvalue weighted by Crippen LogP contribution is 2.41. The van der Waals surface area contributed by atoms with E-state index >= 15 is 0 Å². The molecule has 1 fully saturated rings. The number of ether oxygens (including phenoxy) is 1. The van der Waals surface area contributed by atoms with Gasteiger partial charge in [0.1, 0.15) is 5.56 Å². The van der Waals surface area contributed by atoms with Crippen LogP contribution in [0.1, 0.15) is 41.7 Å². The summed E-state index contributed by atoms with van der Waals surface area (Å²) in [6, 6.07) is 9.58. The van der Waals surface area contributed by atoms with Gasteiger partial charge in [-0.2, -0.15) is 5.10 Å². The summed E-state index contributed by atoms with van der Waals surface area (Å²) in [5, 5.41) is 5.04. The Kier molecular flexibility index (Phi) is 3.73. The Morgan fingerprint density at radius 2 is 2.08 bits per heavy atom. The highest BCUT2D eigenvalue weighted by molar-refractivity contribution is 6.30. The van der Waals surface area contributed by atoms with E-state index in [1.807, 2.05) is 24.3 Å². The molecule has 3 aromatic rings. The molecule has 24 heavy (non-hydrogen) atoms. The highest BCUT2D eigenvalue weighted by Gasteiger charge is 2.29. The van der Waals surface area contributed by atoms with Gasteiger partial charge in [-0.05, 0) is 38.0 Å². The summed E-state index contributed by atoms with van der Waals surface area (Å²) in [5.74, 6) is 0.0755. The summed E-state index contributed by atoms with van der Waals surface area (Å²) in [5.41, 5.74) is 3.80. The topological polar surface area (TPSA) is 56.5 Å². The summed E-state index contributed by atoms with van der Waals surface area (Å²) in [4.78, 5) is 16.8. The first-order valence-electron chi connectivity index (χ1n) is 7.99. The average molecular weight is 342 g/mol.